The number of nitrogens with zero attached hydrogens (tertiary/aromatic N) is 3. The second kappa shape index (κ2) is 7.40. The zero-order valence-electron chi connectivity index (χ0n) is 18.2. The molecule has 3 aliphatic heterocycles. The van der Waals surface area contributed by atoms with Crippen molar-refractivity contribution in [3.05, 3.63) is 81.1 Å². The molecule has 1 amide bonds. The van der Waals surface area contributed by atoms with Gasteiger partial charge in [-0.15, -0.1) is 0 Å². The Bertz CT molecular complexity index is 1370. The van der Waals surface area contributed by atoms with Crippen LogP contribution in [0.25, 0.3) is 6.08 Å². The van der Waals surface area contributed by atoms with Crippen molar-refractivity contribution >= 4 is 35.0 Å². The third-order valence-electron chi connectivity index (χ3n) is 6.21. The Morgan fingerprint density at radius 3 is 2.57 bits per heavy atom. The van der Waals surface area contributed by atoms with Crippen LogP contribution in [0.15, 0.2) is 59.8 Å². The number of likely N-dealkylation sites (N-methyl/N-ethyl adjacent to an activating group) is 1. The highest BCUT2D eigenvalue weighted by atomic mass is 19.4. The number of rotatable bonds is 2. The summed E-state index contributed by atoms with van der Waals surface area (Å²) in [6, 6.07) is 9.46. The molecule has 5 rings (SSSR count). The van der Waals surface area contributed by atoms with E-state index < -0.39 is 51.8 Å². The number of anilines is 2. The van der Waals surface area contributed by atoms with Crippen LogP contribution in [0, 0.1) is 10.1 Å². The highest BCUT2D eigenvalue weighted by Crippen LogP contribution is 2.56. The zero-order valence-corrected chi connectivity index (χ0v) is 18.2. The van der Waals surface area contributed by atoms with Crippen molar-refractivity contribution in [3.8, 4) is 0 Å². The van der Waals surface area contributed by atoms with E-state index in [4.69, 9.17) is 9.47 Å². The predicted octanol–water partition coefficient (Wildman–Crippen LogP) is 3.65. The number of hydrogen-bond donors (Lipinski definition) is 0. The van der Waals surface area contributed by atoms with E-state index in [1.807, 2.05) is 0 Å². The Morgan fingerprint density at radius 1 is 1.20 bits per heavy atom. The maximum Gasteiger partial charge on any atom is 0.432 e. The van der Waals surface area contributed by atoms with Gasteiger partial charge in [-0.05, 0) is 23.8 Å². The summed E-state index contributed by atoms with van der Waals surface area (Å²) in [5.41, 5.74) is -5.33. The number of benzene rings is 2. The topological polar surface area (TPSA) is 102 Å². The minimum atomic E-state index is -5.14. The van der Waals surface area contributed by atoms with Gasteiger partial charge in [-0.25, -0.2) is 4.79 Å². The van der Waals surface area contributed by atoms with E-state index in [1.165, 1.54) is 31.3 Å². The first-order valence-corrected chi connectivity index (χ1v) is 10.2. The maximum absolute atomic E-state index is 14.8. The van der Waals surface area contributed by atoms with Gasteiger partial charge >= 0.3 is 12.1 Å². The third-order valence-corrected chi connectivity index (χ3v) is 6.21. The number of nitro benzene ring substituents is 1. The molecule has 0 unspecified atom stereocenters. The molecule has 180 valence electrons. The van der Waals surface area contributed by atoms with Gasteiger partial charge in [-0.1, -0.05) is 24.3 Å². The van der Waals surface area contributed by atoms with Gasteiger partial charge < -0.3 is 19.3 Å². The van der Waals surface area contributed by atoms with Gasteiger partial charge in [0.05, 0.1) is 23.4 Å². The number of nitro groups is 1. The van der Waals surface area contributed by atoms with Crippen LogP contribution in [0.4, 0.5) is 30.2 Å². The lowest BCUT2D eigenvalue weighted by molar-refractivity contribution is -0.385. The van der Waals surface area contributed by atoms with E-state index in [1.54, 1.807) is 18.2 Å². The Labute approximate surface area is 195 Å². The highest BCUT2D eigenvalue weighted by molar-refractivity contribution is 6.15. The number of para-hydroxylation sites is 1. The fourth-order valence-electron chi connectivity index (χ4n) is 4.77. The van der Waals surface area contributed by atoms with Crippen molar-refractivity contribution in [1.29, 1.82) is 0 Å². The fourth-order valence-corrected chi connectivity index (χ4v) is 4.77. The number of non-ortho nitro benzene ring substituents is 1. The van der Waals surface area contributed by atoms with Crippen LogP contribution >= 0.6 is 0 Å². The lowest BCUT2D eigenvalue weighted by Crippen LogP contribution is -2.58. The molecule has 3 heterocycles. The minimum Gasteiger partial charge on any atom is -0.466 e. The number of amides is 1. The number of methoxy groups -OCH3 is 1. The van der Waals surface area contributed by atoms with Crippen LogP contribution in [-0.4, -0.2) is 43.4 Å². The first-order valence-electron chi connectivity index (χ1n) is 10.2. The summed E-state index contributed by atoms with van der Waals surface area (Å²) < 4.78 is 55.1. The monoisotopic (exact) mass is 487 g/mol. The van der Waals surface area contributed by atoms with Gasteiger partial charge in [-0.2, -0.15) is 13.2 Å². The van der Waals surface area contributed by atoms with Gasteiger partial charge in [0.15, 0.2) is 6.23 Å². The minimum absolute atomic E-state index is 0.0668. The molecule has 2 aromatic carbocycles. The molecular weight excluding hydrogens is 471 g/mol. The normalized spacial score (nSPS) is 22.8. The molecule has 0 radical (unpaired) electrons. The molecule has 2 atom stereocenters. The highest BCUT2D eigenvalue weighted by Gasteiger charge is 2.65. The maximum atomic E-state index is 14.8. The Kier molecular flexibility index (Phi) is 4.78. The number of fused-ring (bicyclic) bond motifs is 5. The number of carbonyl (C=O) groups is 2. The Morgan fingerprint density at radius 2 is 1.91 bits per heavy atom. The number of hydrogen-bond acceptors (Lipinski definition) is 7. The SMILES string of the molecule is COC(=O)C1=C(C(F)(F)F)N2c3ccccc3C=C[C@H]2O[C@]12C(=O)N(C)c1ccc([N+](=O)[O-])cc12. The summed E-state index contributed by atoms with van der Waals surface area (Å²) in [6.45, 7) is 0. The summed E-state index contributed by atoms with van der Waals surface area (Å²) in [7, 11) is 2.16. The van der Waals surface area contributed by atoms with Gasteiger partial charge in [0.25, 0.3) is 11.6 Å². The molecule has 0 N–H and O–H groups in total. The first kappa shape index (κ1) is 22.6. The number of allylic oxidation sites excluding steroid dienone is 1. The number of ether oxygens (including phenoxy) is 2. The average molecular weight is 487 g/mol. The Balaban J connectivity index is 1.92. The van der Waals surface area contributed by atoms with Crippen LogP contribution < -0.4 is 9.80 Å². The molecule has 35 heavy (non-hydrogen) atoms. The number of esters is 1. The molecule has 1 spiro atoms. The van der Waals surface area contributed by atoms with Crippen molar-refractivity contribution in [2.75, 3.05) is 24.0 Å². The second-order valence-corrected chi connectivity index (χ2v) is 8.01. The summed E-state index contributed by atoms with van der Waals surface area (Å²) in [6.07, 6.45) is -3.73. The van der Waals surface area contributed by atoms with E-state index in [2.05, 4.69) is 0 Å². The van der Waals surface area contributed by atoms with Crippen molar-refractivity contribution < 1.29 is 37.2 Å². The van der Waals surface area contributed by atoms with Crippen molar-refractivity contribution in [3.63, 3.8) is 0 Å². The van der Waals surface area contributed by atoms with Gasteiger partial charge in [0.2, 0.25) is 5.60 Å². The zero-order chi connectivity index (χ0) is 25.3. The quantitative estimate of drug-likeness (QED) is 0.362. The predicted molar refractivity (Wildman–Crippen MR) is 116 cm³/mol. The van der Waals surface area contributed by atoms with Crippen LogP contribution in [0.3, 0.4) is 0 Å². The van der Waals surface area contributed by atoms with E-state index >= 15 is 0 Å². The van der Waals surface area contributed by atoms with Crippen molar-refractivity contribution in [1.82, 2.24) is 0 Å². The van der Waals surface area contributed by atoms with E-state index in [0.717, 1.165) is 29.0 Å². The molecule has 0 saturated heterocycles. The van der Waals surface area contributed by atoms with E-state index in [0.29, 0.717) is 5.56 Å². The van der Waals surface area contributed by atoms with Gasteiger partial charge in [-0.3, -0.25) is 14.9 Å². The summed E-state index contributed by atoms with van der Waals surface area (Å²) >= 11 is 0. The Hall–Kier alpha value is -4.19. The van der Waals surface area contributed by atoms with E-state index in [9.17, 15) is 32.9 Å². The van der Waals surface area contributed by atoms with Crippen molar-refractivity contribution in [2.24, 2.45) is 0 Å². The van der Waals surface area contributed by atoms with Gasteiger partial charge in [0, 0.05) is 24.7 Å². The largest absolute Gasteiger partial charge is 0.466 e. The van der Waals surface area contributed by atoms with Crippen LogP contribution in [0.2, 0.25) is 0 Å². The van der Waals surface area contributed by atoms with Crippen LogP contribution in [0.5, 0.6) is 0 Å². The molecule has 3 aliphatic rings. The number of alkyl halides is 3. The fraction of sp³-hybridized carbons (Fsp3) is 0.217. The summed E-state index contributed by atoms with van der Waals surface area (Å²) in [4.78, 5) is 39.2. The first-order chi connectivity index (χ1) is 16.5. The van der Waals surface area contributed by atoms with E-state index in [-0.39, 0.29) is 16.9 Å². The number of carbonyl (C=O) groups excluding carboxylic acids is 2. The molecule has 2 aromatic rings. The molecule has 12 heteroatoms. The van der Waals surface area contributed by atoms with Crippen LogP contribution in [-0.2, 0) is 24.7 Å². The molecule has 0 saturated carbocycles. The van der Waals surface area contributed by atoms with Gasteiger partial charge in [0.1, 0.15) is 11.3 Å². The molecule has 0 aliphatic carbocycles. The van der Waals surface area contributed by atoms with Crippen molar-refractivity contribution in [2.45, 2.75) is 18.0 Å². The molecule has 9 nitrogen and oxygen atoms in total. The standard InChI is InChI=1S/C23H16F3N3O6/c1-27-16-9-8-13(29(32)33)11-14(16)22(21(27)31)18(20(30)34-2)19(23(24,25)26)28-15-6-4-3-5-12(15)7-10-17(28)35-22/h3-11,17H,1-2H3/t17-,22+/m1/s1. The second-order valence-electron chi connectivity index (χ2n) is 8.01. The molecule has 0 bridgehead atoms. The third kappa shape index (κ3) is 2.99. The molecule has 0 aromatic heterocycles. The lowest BCUT2D eigenvalue weighted by Gasteiger charge is -2.47. The lowest BCUT2D eigenvalue weighted by atomic mass is 9.82. The summed E-state index contributed by atoms with van der Waals surface area (Å²) in [5, 5.41) is 11.5. The number of halogens is 3. The average Bonchev–Trinajstić information content (AvgIpc) is 3.03. The molecule has 0 fully saturated rings. The molecular formula is C23H16F3N3O6. The summed E-state index contributed by atoms with van der Waals surface area (Å²) in [5.74, 6) is -2.47. The van der Waals surface area contributed by atoms with Crippen LogP contribution in [0.1, 0.15) is 11.1 Å². The smallest absolute Gasteiger partial charge is 0.432 e.